The van der Waals surface area contributed by atoms with Gasteiger partial charge in [-0.05, 0) is 43.0 Å². The monoisotopic (exact) mass is 475 g/mol. The lowest BCUT2D eigenvalue weighted by molar-refractivity contribution is 0.0894. The van der Waals surface area contributed by atoms with Crippen LogP contribution in [0.15, 0.2) is 41.9 Å². The van der Waals surface area contributed by atoms with Gasteiger partial charge < -0.3 is 20.1 Å². The van der Waals surface area contributed by atoms with Crippen LogP contribution in [0.5, 0.6) is 5.75 Å². The van der Waals surface area contributed by atoms with E-state index in [9.17, 15) is 14.0 Å². The average molecular weight is 476 g/mol. The van der Waals surface area contributed by atoms with E-state index in [0.717, 1.165) is 6.42 Å². The Hall–Kier alpha value is -3.31. The molecule has 176 valence electrons. The van der Waals surface area contributed by atoms with E-state index in [0.29, 0.717) is 30.1 Å². The molecule has 0 saturated heterocycles. The number of carbonyl (C=O) groups excluding carboxylic acids is 2. The Morgan fingerprint density at radius 3 is 2.79 bits per heavy atom. The number of nitrogens with one attached hydrogen (secondary N) is 2. The Bertz CT molecular complexity index is 1040. The Morgan fingerprint density at radius 2 is 2.03 bits per heavy atom. The van der Waals surface area contributed by atoms with Crippen LogP contribution < -0.4 is 15.4 Å². The van der Waals surface area contributed by atoms with Crippen molar-refractivity contribution in [3.8, 4) is 11.4 Å². The van der Waals surface area contributed by atoms with Gasteiger partial charge in [0.15, 0.2) is 5.69 Å². The lowest BCUT2D eigenvalue weighted by atomic mass is 10.1. The van der Waals surface area contributed by atoms with Crippen molar-refractivity contribution in [1.29, 1.82) is 0 Å². The largest absolute Gasteiger partial charge is 0.489 e. The van der Waals surface area contributed by atoms with Crippen molar-refractivity contribution in [3.05, 3.63) is 58.0 Å². The molecule has 0 aliphatic rings. The highest BCUT2D eigenvalue weighted by Crippen LogP contribution is 2.24. The second kappa shape index (κ2) is 12.7. The average Bonchev–Trinajstić information content (AvgIpc) is 3.51. The Kier molecular flexibility index (Phi) is 9.33. The maximum atomic E-state index is 12.4. The second-order valence-electron chi connectivity index (χ2n) is 6.83. The molecule has 3 aromatic rings. The lowest BCUT2D eigenvalue weighted by Gasteiger charge is -2.13. The van der Waals surface area contributed by atoms with Gasteiger partial charge in [0, 0.05) is 23.5 Å². The van der Waals surface area contributed by atoms with Crippen LogP contribution in [0.3, 0.4) is 0 Å². The van der Waals surface area contributed by atoms with Crippen LogP contribution in [-0.4, -0.2) is 66.4 Å². The van der Waals surface area contributed by atoms with E-state index < -0.39 is 6.67 Å². The zero-order valence-electron chi connectivity index (χ0n) is 18.3. The summed E-state index contributed by atoms with van der Waals surface area (Å²) in [6, 6.07) is 8.86. The number of rotatable bonds is 13. The van der Waals surface area contributed by atoms with E-state index in [1.54, 1.807) is 29.5 Å². The number of amides is 2. The number of ether oxygens (including phenoxy) is 2. The maximum absolute atomic E-state index is 12.4. The smallest absolute Gasteiger partial charge is 0.273 e. The molecule has 0 bridgehead atoms. The molecule has 0 unspecified atom stereocenters. The van der Waals surface area contributed by atoms with Crippen molar-refractivity contribution in [2.24, 2.45) is 0 Å². The van der Waals surface area contributed by atoms with Gasteiger partial charge in [-0.15, -0.1) is 16.4 Å². The SMILES string of the molecule is CCNC(=O)c1ccc(-n2cc(C(=O)NCCc3cccs3)nn2)c(OCCOCCF)c1. The Morgan fingerprint density at radius 1 is 1.15 bits per heavy atom. The van der Waals surface area contributed by atoms with E-state index >= 15 is 0 Å². The number of nitrogens with zero attached hydrogens (tertiary/aromatic N) is 3. The first-order chi connectivity index (χ1) is 16.1. The molecule has 11 heteroatoms. The topological polar surface area (TPSA) is 107 Å². The predicted octanol–water partition coefficient (Wildman–Crippen LogP) is 2.42. The third kappa shape index (κ3) is 7.09. The first-order valence-corrected chi connectivity index (χ1v) is 11.4. The summed E-state index contributed by atoms with van der Waals surface area (Å²) < 4.78 is 24.5. The van der Waals surface area contributed by atoms with Gasteiger partial charge in [0.05, 0.1) is 19.4 Å². The van der Waals surface area contributed by atoms with Crippen molar-refractivity contribution < 1.29 is 23.5 Å². The number of alkyl halides is 1. The molecule has 2 N–H and O–H groups in total. The Balaban J connectivity index is 1.71. The number of benzene rings is 1. The summed E-state index contributed by atoms with van der Waals surface area (Å²) in [5, 5.41) is 15.6. The molecule has 9 nitrogen and oxygen atoms in total. The van der Waals surface area contributed by atoms with E-state index in [1.165, 1.54) is 15.8 Å². The first-order valence-electron chi connectivity index (χ1n) is 10.5. The van der Waals surface area contributed by atoms with Crippen LogP contribution in [0.2, 0.25) is 0 Å². The number of halogens is 1. The summed E-state index contributed by atoms with van der Waals surface area (Å²) in [5.41, 5.74) is 1.07. The molecule has 0 radical (unpaired) electrons. The van der Waals surface area contributed by atoms with Crippen molar-refractivity contribution in [2.45, 2.75) is 13.3 Å². The molecule has 0 saturated carbocycles. The molecule has 2 aromatic heterocycles. The predicted molar refractivity (Wildman–Crippen MR) is 122 cm³/mol. The summed E-state index contributed by atoms with van der Waals surface area (Å²) in [6.07, 6.45) is 2.23. The highest BCUT2D eigenvalue weighted by Gasteiger charge is 2.16. The van der Waals surface area contributed by atoms with Crippen molar-refractivity contribution in [2.75, 3.05) is 39.6 Å². The quantitative estimate of drug-likeness (QED) is 0.368. The fraction of sp³-hybridized carbons (Fsp3) is 0.364. The second-order valence-corrected chi connectivity index (χ2v) is 7.86. The van der Waals surface area contributed by atoms with Crippen molar-refractivity contribution in [1.82, 2.24) is 25.6 Å². The molecule has 0 spiro atoms. The van der Waals surface area contributed by atoms with E-state index in [2.05, 4.69) is 20.9 Å². The first kappa shape index (κ1) is 24.3. The van der Waals surface area contributed by atoms with Crippen molar-refractivity contribution in [3.63, 3.8) is 0 Å². The van der Waals surface area contributed by atoms with Gasteiger partial charge in [0.2, 0.25) is 0 Å². The molecule has 0 aliphatic carbocycles. The van der Waals surface area contributed by atoms with Gasteiger partial charge in [-0.25, -0.2) is 9.07 Å². The third-order valence-electron chi connectivity index (χ3n) is 4.48. The van der Waals surface area contributed by atoms with Crippen LogP contribution in [0.25, 0.3) is 5.69 Å². The highest BCUT2D eigenvalue weighted by molar-refractivity contribution is 7.09. The van der Waals surface area contributed by atoms with Crippen molar-refractivity contribution >= 4 is 23.2 Å². The van der Waals surface area contributed by atoms with E-state index in [4.69, 9.17) is 9.47 Å². The fourth-order valence-corrected chi connectivity index (χ4v) is 3.63. The van der Waals surface area contributed by atoms with Gasteiger partial charge in [0.1, 0.15) is 24.7 Å². The zero-order valence-corrected chi connectivity index (χ0v) is 19.1. The summed E-state index contributed by atoms with van der Waals surface area (Å²) in [6.45, 7) is 2.55. The number of aromatic nitrogens is 3. The van der Waals surface area contributed by atoms with E-state index in [1.807, 2.05) is 24.4 Å². The van der Waals surface area contributed by atoms with Crippen LogP contribution in [0.1, 0.15) is 32.6 Å². The molecule has 2 amide bonds. The summed E-state index contributed by atoms with van der Waals surface area (Å²) in [4.78, 5) is 25.8. The van der Waals surface area contributed by atoms with Crippen LogP contribution >= 0.6 is 11.3 Å². The molecule has 33 heavy (non-hydrogen) atoms. The molecule has 0 atom stereocenters. The van der Waals surface area contributed by atoms with E-state index in [-0.39, 0.29) is 37.3 Å². The Labute approximate surface area is 194 Å². The third-order valence-corrected chi connectivity index (χ3v) is 5.41. The molecular formula is C22H26FN5O4S. The van der Waals surface area contributed by atoms with Gasteiger partial charge in [-0.1, -0.05) is 11.3 Å². The molecule has 3 rings (SSSR count). The van der Waals surface area contributed by atoms with Gasteiger partial charge in [0.25, 0.3) is 11.8 Å². The molecule has 2 heterocycles. The maximum Gasteiger partial charge on any atom is 0.273 e. The van der Waals surface area contributed by atoms with Crippen LogP contribution in [0.4, 0.5) is 4.39 Å². The normalized spacial score (nSPS) is 10.7. The minimum Gasteiger partial charge on any atom is -0.489 e. The summed E-state index contributed by atoms with van der Waals surface area (Å²) in [5.74, 6) is -0.219. The number of hydrogen-bond acceptors (Lipinski definition) is 7. The molecule has 0 fully saturated rings. The van der Waals surface area contributed by atoms with Crippen LogP contribution in [-0.2, 0) is 11.2 Å². The summed E-state index contributed by atoms with van der Waals surface area (Å²) in [7, 11) is 0. The van der Waals surface area contributed by atoms with Gasteiger partial charge in [-0.2, -0.15) is 0 Å². The molecule has 1 aromatic carbocycles. The zero-order chi connectivity index (χ0) is 23.5. The van der Waals surface area contributed by atoms with Crippen LogP contribution in [0, 0.1) is 0 Å². The highest BCUT2D eigenvalue weighted by atomic mass is 32.1. The minimum atomic E-state index is -0.574. The van der Waals surface area contributed by atoms with Gasteiger partial charge in [-0.3, -0.25) is 9.59 Å². The molecule has 0 aliphatic heterocycles. The number of thiophene rings is 1. The van der Waals surface area contributed by atoms with Gasteiger partial charge >= 0.3 is 0 Å². The number of carbonyl (C=O) groups is 2. The standard InChI is InChI=1S/C22H26FN5O4S/c1-2-24-21(29)16-5-6-19(20(14-16)32-12-11-31-10-8-23)28-15-18(26-27-28)22(30)25-9-7-17-4-3-13-33-17/h3-6,13-15H,2,7-12H2,1H3,(H,24,29)(H,25,30). The lowest BCUT2D eigenvalue weighted by Crippen LogP contribution is -2.25. The summed E-state index contributed by atoms with van der Waals surface area (Å²) >= 11 is 1.64. The minimum absolute atomic E-state index is 0.0107. The fourth-order valence-electron chi connectivity index (χ4n) is 2.92. The number of hydrogen-bond donors (Lipinski definition) is 2. The molecular weight excluding hydrogens is 449 g/mol.